The Hall–Kier alpha value is -1.34. The second-order valence-corrected chi connectivity index (χ2v) is 4.92. The van der Waals surface area contributed by atoms with Crippen LogP contribution in [0, 0.1) is 11.3 Å². The maximum Gasteiger partial charge on any atom is 0.142 e. The molecule has 3 rings (SSSR count). The molecule has 0 bridgehead atoms. The summed E-state index contributed by atoms with van der Waals surface area (Å²) in [5.74, 6) is 0. The van der Waals surface area contributed by atoms with Crippen LogP contribution >= 0.6 is 0 Å². The minimum absolute atomic E-state index is 0.434. The minimum atomic E-state index is 0.434. The van der Waals surface area contributed by atoms with E-state index in [1.54, 1.807) is 0 Å². The maximum atomic E-state index is 9.34. The zero-order valence-electron chi connectivity index (χ0n) is 9.98. The molecule has 0 unspecified atom stereocenters. The first-order valence-electron chi connectivity index (χ1n) is 6.48. The van der Waals surface area contributed by atoms with Crippen LogP contribution in [0.3, 0.4) is 0 Å². The first-order valence-corrected chi connectivity index (χ1v) is 6.48. The largest absolute Gasteiger partial charge is 0.375 e. The van der Waals surface area contributed by atoms with E-state index in [2.05, 4.69) is 11.2 Å². The van der Waals surface area contributed by atoms with Crippen LogP contribution in [0.2, 0.25) is 0 Å². The van der Waals surface area contributed by atoms with Gasteiger partial charge in [-0.25, -0.2) is 0 Å². The average Bonchev–Trinajstić information content (AvgIpc) is 2.78. The predicted molar refractivity (Wildman–Crippen MR) is 62.4 cm³/mol. The second kappa shape index (κ2) is 4.50. The molecule has 2 heterocycles. The van der Waals surface area contributed by atoms with Crippen molar-refractivity contribution < 1.29 is 4.74 Å². The van der Waals surface area contributed by atoms with E-state index < -0.39 is 0 Å². The van der Waals surface area contributed by atoms with Gasteiger partial charge in [0.15, 0.2) is 0 Å². The smallest absolute Gasteiger partial charge is 0.142 e. The standard InChI is InChI=1S/C13H17N3O/c14-8-13-11-6-7-17-9-12(11)15-16(13)10-4-2-1-3-5-10/h10H,1-7,9H2. The molecule has 0 radical (unpaired) electrons. The van der Waals surface area contributed by atoms with Gasteiger partial charge in [-0.3, -0.25) is 4.68 Å². The van der Waals surface area contributed by atoms with Gasteiger partial charge in [-0.1, -0.05) is 19.3 Å². The average molecular weight is 231 g/mol. The second-order valence-electron chi connectivity index (χ2n) is 4.92. The number of rotatable bonds is 1. The van der Waals surface area contributed by atoms with E-state index in [-0.39, 0.29) is 0 Å². The summed E-state index contributed by atoms with van der Waals surface area (Å²) in [7, 11) is 0. The zero-order valence-corrected chi connectivity index (χ0v) is 9.98. The highest BCUT2D eigenvalue weighted by Gasteiger charge is 2.25. The number of nitriles is 1. The molecule has 4 heteroatoms. The van der Waals surface area contributed by atoms with Crippen LogP contribution in [0.5, 0.6) is 0 Å². The zero-order chi connectivity index (χ0) is 11.7. The number of aromatic nitrogens is 2. The van der Waals surface area contributed by atoms with Gasteiger partial charge in [-0.05, 0) is 12.8 Å². The van der Waals surface area contributed by atoms with Gasteiger partial charge in [0.1, 0.15) is 11.8 Å². The molecule has 0 saturated heterocycles. The van der Waals surface area contributed by atoms with Crippen LogP contribution in [0.4, 0.5) is 0 Å². The fourth-order valence-corrected chi connectivity index (χ4v) is 2.95. The Labute approximate surface area is 101 Å². The molecule has 0 amide bonds. The number of hydrogen-bond donors (Lipinski definition) is 0. The lowest BCUT2D eigenvalue weighted by Crippen LogP contribution is -2.16. The molecule has 0 spiro atoms. The third kappa shape index (κ3) is 1.85. The summed E-state index contributed by atoms with van der Waals surface area (Å²) in [6.07, 6.45) is 7.01. The van der Waals surface area contributed by atoms with E-state index >= 15 is 0 Å². The van der Waals surface area contributed by atoms with Crippen LogP contribution < -0.4 is 0 Å². The number of ether oxygens (including phenoxy) is 1. The molecule has 1 aliphatic carbocycles. The third-order valence-corrected chi connectivity index (χ3v) is 3.85. The van der Waals surface area contributed by atoms with Crippen molar-refractivity contribution in [1.29, 1.82) is 5.26 Å². The van der Waals surface area contributed by atoms with Crippen LogP contribution in [-0.4, -0.2) is 16.4 Å². The highest BCUT2D eigenvalue weighted by Crippen LogP contribution is 2.31. The van der Waals surface area contributed by atoms with Gasteiger partial charge in [-0.15, -0.1) is 0 Å². The van der Waals surface area contributed by atoms with E-state index in [0.717, 1.165) is 42.8 Å². The lowest BCUT2D eigenvalue weighted by Gasteiger charge is -2.22. The van der Waals surface area contributed by atoms with Crippen LogP contribution in [0.1, 0.15) is 55.1 Å². The SMILES string of the molecule is N#Cc1c2c(nn1C1CCCCC1)COCC2. The molecule has 0 aromatic carbocycles. The summed E-state index contributed by atoms with van der Waals surface area (Å²) in [6.45, 7) is 1.29. The van der Waals surface area contributed by atoms with Gasteiger partial charge in [-0.2, -0.15) is 10.4 Å². The first-order chi connectivity index (χ1) is 8.40. The van der Waals surface area contributed by atoms with Crippen LogP contribution in [-0.2, 0) is 17.8 Å². The van der Waals surface area contributed by atoms with E-state index in [1.165, 1.54) is 19.3 Å². The highest BCUT2D eigenvalue weighted by atomic mass is 16.5. The fourth-order valence-electron chi connectivity index (χ4n) is 2.95. The maximum absolute atomic E-state index is 9.34. The van der Waals surface area contributed by atoms with Crippen molar-refractivity contribution in [3.63, 3.8) is 0 Å². The quantitative estimate of drug-likeness (QED) is 0.745. The van der Waals surface area contributed by atoms with Gasteiger partial charge >= 0.3 is 0 Å². The van der Waals surface area contributed by atoms with Crippen LogP contribution in [0.25, 0.3) is 0 Å². The van der Waals surface area contributed by atoms with Crippen molar-refractivity contribution in [3.05, 3.63) is 17.0 Å². The lowest BCUT2D eigenvalue weighted by atomic mass is 9.95. The third-order valence-electron chi connectivity index (χ3n) is 3.85. The number of nitrogens with zero attached hydrogens (tertiary/aromatic N) is 3. The molecule has 4 nitrogen and oxygen atoms in total. The fraction of sp³-hybridized carbons (Fsp3) is 0.692. The summed E-state index contributed by atoms with van der Waals surface area (Å²) >= 11 is 0. The molecule has 1 aromatic heterocycles. The van der Waals surface area contributed by atoms with E-state index in [9.17, 15) is 5.26 Å². The van der Waals surface area contributed by atoms with Gasteiger partial charge < -0.3 is 4.74 Å². The summed E-state index contributed by atoms with van der Waals surface area (Å²) in [4.78, 5) is 0. The van der Waals surface area contributed by atoms with Crippen LogP contribution in [0.15, 0.2) is 0 Å². The topological polar surface area (TPSA) is 50.8 Å². The first kappa shape index (κ1) is 10.8. The van der Waals surface area contributed by atoms with E-state index in [0.29, 0.717) is 12.6 Å². The van der Waals surface area contributed by atoms with E-state index in [4.69, 9.17) is 4.74 Å². The van der Waals surface area contributed by atoms with Crippen molar-refractivity contribution in [2.75, 3.05) is 6.61 Å². The molecule has 1 saturated carbocycles. The van der Waals surface area contributed by atoms with Gasteiger partial charge in [0.2, 0.25) is 0 Å². The molecule has 2 aliphatic rings. The van der Waals surface area contributed by atoms with Crippen molar-refractivity contribution in [1.82, 2.24) is 9.78 Å². The Morgan fingerprint density at radius 1 is 1.29 bits per heavy atom. The monoisotopic (exact) mass is 231 g/mol. The van der Waals surface area contributed by atoms with Gasteiger partial charge in [0, 0.05) is 12.0 Å². The Morgan fingerprint density at radius 3 is 2.88 bits per heavy atom. The number of fused-ring (bicyclic) bond motifs is 1. The normalized spacial score (nSPS) is 20.9. The van der Waals surface area contributed by atoms with Gasteiger partial charge in [0.05, 0.1) is 24.9 Å². The van der Waals surface area contributed by atoms with Crippen molar-refractivity contribution in [2.45, 2.75) is 51.2 Å². The number of hydrogen-bond acceptors (Lipinski definition) is 3. The molecular formula is C13H17N3O. The summed E-state index contributed by atoms with van der Waals surface area (Å²) in [6, 6.07) is 2.78. The molecule has 0 atom stereocenters. The molecule has 17 heavy (non-hydrogen) atoms. The summed E-state index contributed by atoms with van der Waals surface area (Å²) in [5, 5.41) is 14.0. The highest BCUT2D eigenvalue weighted by molar-refractivity contribution is 5.36. The molecule has 1 fully saturated rings. The summed E-state index contributed by atoms with van der Waals surface area (Å²) < 4.78 is 7.40. The predicted octanol–water partition coefficient (Wildman–Crippen LogP) is 2.33. The lowest BCUT2D eigenvalue weighted by molar-refractivity contribution is 0.107. The Kier molecular flexibility index (Phi) is 2.86. The molecule has 1 aromatic rings. The summed E-state index contributed by atoms with van der Waals surface area (Å²) in [5.41, 5.74) is 2.90. The minimum Gasteiger partial charge on any atom is -0.375 e. The Bertz CT molecular complexity index is 452. The van der Waals surface area contributed by atoms with Crippen molar-refractivity contribution in [2.24, 2.45) is 0 Å². The Balaban J connectivity index is 1.98. The van der Waals surface area contributed by atoms with Crippen molar-refractivity contribution >= 4 is 0 Å². The molecule has 0 N–H and O–H groups in total. The van der Waals surface area contributed by atoms with Gasteiger partial charge in [0.25, 0.3) is 0 Å². The Morgan fingerprint density at radius 2 is 2.12 bits per heavy atom. The molecule has 90 valence electrons. The van der Waals surface area contributed by atoms with E-state index in [1.807, 2.05) is 4.68 Å². The molecule has 1 aliphatic heterocycles. The van der Waals surface area contributed by atoms with Crippen molar-refractivity contribution in [3.8, 4) is 6.07 Å². The molecular weight excluding hydrogens is 214 g/mol.